The molecule has 2 saturated carbocycles. The predicted molar refractivity (Wildman–Crippen MR) is 62.5 cm³/mol. The molecular weight excluding hydrogens is 216 g/mol. The van der Waals surface area contributed by atoms with Gasteiger partial charge in [0.1, 0.15) is 0 Å². The van der Waals surface area contributed by atoms with Crippen molar-refractivity contribution in [3.63, 3.8) is 0 Å². The van der Waals surface area contributed by atoms with E-state index in [1.807, 2.05) is 24.0 Å². The molecular formula is C13H18N2O2. The molecule has 0 aliphatic heterocycles. The van der Waals surface area contributed by atoms with Gasteiger partial charge >= 0.3 is 5.97 Å². The Bertz CT molecular complexity index is 442. The van der Waals surface area contributed by atoms with Crippen molar-refractivity contribution >= 4 is 5.97 Å². The SMILES string of the molecule is CCn1cc(CC2(C(=O)O)CC3CC3C2)cn1. The molecule has 1 N–H and O–H groups in total. The minimum atomic E-state index is -0.617. The van der Waals surface area contributed by atoms with Crippen molar-refractivity contribution in [3.8, 4) is 0 Å². The molecule has 0 bridgehead atoms. The lowest BCUT2D eigenvalue weighted by atomic mass is 9.78. The molecule has 1 aromatic rings. The van der Waals surface area contributed by atoms with Crippen LogP contribution in [0.25, 0.3) is 0 Å². The third-order valence-electron chi connectivity index (χ3n) is 4.38. The van der Waals surface area contributed by atoms with Crippen LogP contribution in [0.4, 0.5) is 0 Å². The molecule has 17 heavy (non-hydrogen) atoms. The minimum Gasteiger partial charge on any atom is -0.481 e. The molecule has 0 aromatic carbocycles. The van der Waals surface area contributed by atoms with Gasteiger partial charge in [0.25, 0.3) is 0 Å². The number of fused-ring (bicyclic) bond motifs is 1. The lowest BCUT2D eigenvalue weighted by molar-refractivity contribution is -0.149. The van der Waals surface area contributed by atoms with Crippen LogP contribution in [-0.4, -0.2) is 20.9 Å². The third kappa shape index (κ3) is 1.75. The summed E-state index contributed by atoms with van der Waals surface area (Å²) in [6.45, 7) is 2.87. The maximum Gasteiger partial charge on any atom is 0.309 e. The topological polar surface area (TPSA) is 55.1 Å². The summed E-state index contributed by atoms with van der Waals surface area (Å²) in [6, 6.07) is 0. The van der Waals surface area contributed by atoms with E-state index >= 15 is 0 Å². The first-order valence-electron chi connectivity index (χ1n) is 6.38. The Kier molecular flexibility index (Phi) is 2.28. The Balaban J connectivity index is 1.79. The van der Waals surface area contributed by atoms with E-state index in [9.17, 15) is 9.90 Å². The smallest absolute Gasteiger partial charge is 0.309 e. The van der Waals surface area contributed by atoms with Gasteiger partial charge in [0.15, 0.2) is 0 Å². The first kappa shape index (κ1) is 10.8. The molecule has 3 rings (SSSR count). The van der Waals surface area contributed by atoms with Gasteiger partial charge in [-0.3, -0.25) is 9.48 Å². The number of carboxylic acids is 1. The number of carboxylic acid groups (broad SMARTS) is 1. The van der Waals surface area contributed by atoms with Gasteiger partial charge in [0, 0.05) is 12.7 Å². The van der Waals surface area contributed by atoms with Gasteiger partial charge in [-0.15, -0.1) is 0 Å². The lowest BCUT2D eigenvalue weighted by Crippen LogP contribution is -2.31. The van der Waals surface area contributed by atoms with Crippen molar-refractivity contribution in [2.75, 3.05) is 0 Å². The minimum absolute atomic E-state index is 0.505. The van der Waals surface area contributed by atoms with Crippen molar-refractivity contribution in [2.24, 2.45) is 17.3 Å². The van der Waals surface area contributed by atoms with Gasteiger partial charge in [-0.1, -0.05) is 0 Å². The summed E-state index contributed by atoms with van der Waals surface area (Å²) < 4.78 is 1.86. The van der Waals surface area contributed by atoms with Gasteiger partial charge in [0.05, 0.1) is 11.6 Å². The highest BCUT2D eigenvalue weighted by molar-refractivity contribution is 5.76. The summed E-state index contributed by atoms with van der Waals surface area (Å²) in [6.07, 6.45) is 7.43. The van der Waals surface area contributed by atoms with Crippen molar-refractivity contribution in [2.45, 2.75) is 39.2 Å². The molecule has 2 atom stereocenters. The van der Waals surface area contributed by atoms with E-state index in [1.165, 1.54) is 6.42 Å². The van der Waals surface area contributed by atoms with Crippen molar-refractivity contribution < 1.29 is 9.90 Å². The first-order chi connectivity index (χ1) is 8.13. The second-order valence-electron chi connectivity index (χ2n) is 5.63. The van der Waals surface area contributed by atoms with Gasteiger partial charge in [0.2, 0.25) is 0 Å². The first-order valence-corrected chi connectivity index (χ1v) is 6.38. The molecule has 1 heterocycles. The largest absolute Gasteiger partial charge is 0.481 e. The lowest BCUT2D eigenvalue weighted by Gasteiger charge is -2.25. The van der Waals surface area contributed by atoms with E-state index in [-0.39, 0.29) is 0 Å². The van der Waals surface area contributed by atoms with Crippen LogP contribution < -0.4 is 0 Å². The van der Waals surface area contributed by atoms with Crippen LogP contribution >= 0.6 is 0 Å². The molecule has 2 unspecified atom stereocenters. The number of carbonyl (C=O) groups is 1. The monoisotopic (exact) mass is 234 g/mol. The Morgan fingerprint density at radius 1 is 1.59 bits per heavy atom. The van der Waals surface area contributed by atoms with E-state index < -0.39 is 11.4 Å². The fraction of sp³-hybridized carbons (Fsp3) is 0.692. The molecule has 0 saturated heterocycles. The quantitative estimate of drug-likeness (QED) is 0.866. The zero-order valence-electron chi connectivity index (χ0n) is 10.1. The summed E-state index contributed by atoms with van der Waals surface area (Å²) in [5, 5.41) is 13.7. The molecule has 2 fully saturated rings. The van der Waals surface area contributed by atoms with Crippen LogP contribution in [-0.2, 0) is 17.8 Å². The van der Waals surface area contributed by atoms with Crippen LogP contribution in [0.3, 0.4) is 0 Å². The highest BCUT2D eigenvalue weighted by Crippen LogP contribution is 2.60. The fourth-order valence-electron chi connectivity index (χ4n) is 3.35. The number of nitrogens with zero attached hydrogens (tertiary/aromatic N) is 2. The Morgan fingerprint density at radius 2 is 2.29 bits per heavy atom. The summed E-state index contributed by atoms with van der Waals surface area (Å²) in [5.41, 5.74) is 0.561. The van der Waals surface area contributed by atoms with E-state index in [0.29, 0.717) is 18.3 Å². The second-order valence-corrected chi connectivity index (χ2v) is 5.63. The number of aromatic nitrogens is 2. The molecule has 2 aliphatic rings. The summed E-state index contributed by atoms with van der Waals surface area (Å²) >= 11 is 0. The molecule has 0 radical (unpaired) electrons. The molecule has 4 heteroatoms. The van der Waals surface area contributed by atoms with Crippen LogP contribution in [0.5, 0.6) is 0 Å². The number of rotatable bonds is 4. The van der Waals surface area contributed by atoms with Crippen molar-refractivity contribution in [1.29, 1.82) is 0 Å². The van der Waals surface area contributed by atoms with E-state index in [4.69, 9.17) is 0 Å². The zero-order chi connectivity index (χ0) is 12.0. The van der Waals surface area contributed by atoms with Gasteiger partial charge in [-0.05, 0) is 50.0 Å². The maximum absolute atomic E-state index is 11.5. The fourth-order valence-corrected chi connectivity index (χ4v) is 3.35. The molecule has 2 aliphatic carbocycles. The third-order valence-corrected chi connectivity index (χ3v) is 4.38. The Morgan fingerprint density at radius 3 is 2.82 bits per heavy atom. The standard InChI is InChI=1S/C13H18N2O2/c1-2-15-8-9(7-14-15)4-13(12(16)17)5-10-3-11(10)6-13/h7-8,10-11H,2-6H2,1H3,(H,16,17). The van der Waals surface area contributed by atoms with Gasteiger partial charge in [-0.25, -0.2) is 0 Å². The van der Waals surface area contributed by atoms with Gasteiger partial charge < -0.3 is 5.11 Å². The number of aliphatic carboxylic acids is 1. The zero-order valence-corrected chi connectivity index (χ0v) is 10.1. The van der Waals surface area contributed by atoms with E-state index in [0.717, 1.165) is 24.9 Å². The normalized spacial score (nSPS) is 34.6. The number of hydrogen-bond donors (Lipinski definition) is 1. The molecule has 0 spiro atoms. The van der Waals surface area contributed by atoms with E-state index in [2.05, 4.69) is 5.10 Å². The van der Waals surface area contributed by atoms with Crippen molar-refractivity contribution in [1.82, 2.24) is 9.78 Å². The second kappa shape index (κ2) is 3.59. The highest BCUT2D eigenvalue weighted by Gasteiger charge is 2.57. The van der Waals surface area contributed by atoms with Crippen molar-refractivity contribution in [3.05, 3.63) is 18.0 Å². The van der Waals surface area contributed by atoms with Crippen LogP contribution in [0.2, 0.25) is 0 Å². The highest BCUT2D eigenvalue weighted by atomic mass is 16.4. The average molecular weight is 234 g/mol. The molecule has 4 nitrogen and oxygen atoms in total. The Labute approximate surface area is 101 Å². The van der Waals surface area contributed by atoms with Gasteiger partial charge in [-0.2, -0.15) is 5.10 Å². The summed E-state index contributed by atoms with van der Waals surface area (Å²) in [7, 11) is 0. The summed E-state index contributed by atoms with van der Waals surface area (Å²) in [5.74, 6) is 0.758. The molecule has 92 valence electrons. The van der Waals surface area contributed by atoms with Crippen LogP contribution in [0.1, 0.15) is 31.7 Å². The molecule has 0 amide bonds. The van der Waals surface area contributed by atoms with Crippen LogP contribution in [0.15, 0.2) is 12.4 Å². The van der Waals surface area contributed by atoms with Crippen LogP contribution in [0, 0.1) is 17.3 Å². The predicted octanol–water partition coefficient (Wildman–Crippen LogP) is 1.95. The Hall–Kier alpha value is -1.32. The number of hydrogen-bond acceptors (Lipinski definition) is 2. The maximum atomic E-state index is 11.5. The average Bonchev–Trinajstić information content (AvgIpc) is 2.76. The molecule has 1 aromatic heterocycles. The van der Waals surface area contributed by atoms with E-state index in [1.54, 1.807) is 0 Å². The number of aryl methyl sites for hydroxylation is 1. The summed E-state index contributed by atoms with van der Waals surface area (Å²) in [4.78, 5) is 11.5.